The molecule has 0 amide bonds. The van der Waals surface area contributed by atoms with E-state index >= 15 is 0 Å². The predicted molar refractivity (Wildman–Crippen MR) is 52.3 cm³/mol. The third-order valence-electron chi connectivity index (χ3n) is 2.10. The van der Waals surface area contributed by atoms with Gasteiger partial charge in [-0.3, -0.25) is 0 Å². The van der Waals surface area contributed by atoms with Crippen LogP contribution in [0, 0.1) is 0 Å². The van der Waals surface area contributed by atoms with Crippen LogP contribution in [0.3, 0.4) is 0 Å². The van der Waals surface area contributed by atoms with Gasteiger partial charge in [0.25, 0.3) is 0 Å². The fourth-order valence-electron chi connectivity index (χ4n) is 1.45. The molecule has 72 valence electrons. The summed E-state index contributed by atoms with van der Waals surface area (Å²) in [5, 5.41) is 0. The Morgan fingerprint density at radius 1 is 1.57 bits per heavy atom. The van der Waals surface area contributed by atoms with Gasteiger partial charge < -0.3 is 14.1 Å². The van der Waals surface area contributed by atoms with Gasteiger partial charge in [-0.05, 0) is 12.1 Å². The van der Waals surface area contributed by atoms with E-state index in [1.165, 1.54) is 0 Å². The quantitative estimate of drug-likeness (QED) is 0.684. The minimum absolute atomic E-state index is 0.323. The first-order valence-electron chi connectivity index (χ1n) is 4.28. The molecule has 0 radical (unpaired) electrons. The first-order chi connectivity index (χ1) is 6.86. The molecule has 0 atom stereocenters. The number of benzene rings is 1. The van der Waals surface area contributed by atoms with Gasteiger partial charge in [-0.15, -0.1) is 0 Å². The van der Waals surface area contributed by atoms with Gasteiger partial charge in [-0.1, -0.05) is 6.07 Å². The van der Waals surface area contributed by atoms with Gasteiger partial charge in [0, 0.05) is 0 Å². The summed E-state index contributed by atoms with van der Waals surface area (Å²) in [5.74, 6) is 0.729. The molecule has 0 bridgehead atoms. The van der Waals surface area contributed by atoms with E-state index in [2.05, 4.69) is 4.98 Å². The van der Waals surface area contributed by atoms with E-state index in [-0.39, 0.29) is 0 Å². The van der Waals surface area contributed by atoms with Crippen LogP contribution in [0.15, 0.2) is 24.5 Å². The molecule has 1 aromatic heterocycles. The highest BCUT2D eigenvalue weighted by atomic mass is 16.5. The molecular formula is C10H10N2O2. The number of ether oxygens (including phenoxy) is 1. The minimum atomic E-state index is 0.323. The minimum Gasteiger partial charge on any atom is -0.494 e. The summed E-state index contributed by atoms with van der Waals surface area (Å²) in [6.45, 7) is 0.323. The lowest BCUT2D eigenvalue weighted by molar-refractivity contribution is -0.108. The van der Waals surface area contributed by atoms with Crippen LogP contribution >= 0.6 is 0 Å². The molecule has 0 saturated carbocycles. The zero-order chi connectivity index (χ0) is 9.97. The Morgan fingerprint density at radius 2 is 2.43 bits per heavy atom. The van der Waals surface area contributed by atoms with Gasteiger partial charge in [-0.2, -0.15) is 0 Å². The number of carbonyl (C=O) groups is 1. The monoisotopic (exact) mass is 190 g/mol. The third-order valence-corrected chi connectivity index (χ3v) is 2.10. The number of methoxy groups -OCH3 is 1. The van der Waals surface area contributed by atoms with E-state index in [0.29, 0.717) is 6.54 Å². The molecule has 0 spiro atoms. The van der Waals surface area contributed by atoms with Crippen LogP contribution in [0.2, 0.25) is 0 Å². The molecule has 4 heteroatoms. The number of hydrogen-bond acceptors (Lipinski definition) is 3. The van der Waals surface area contributed by atoms with Crippen LogP contribution in [-0.2, 0) is 11.3 Å². The molecule has 2 aromatic rings. The molecule has 14 heavy (non-hydrogen) atoms. The SMILES string of the molecule is COc1cccc2c1ncn2CC=O. The summed E-state index contributed by atoms with van der Waals surface area (Å²) in [6, 6.07) is 5.64. The Kier molecular flexibility index (Phi) is 2.18. The molecule has 0 aliphatic carbocycles. The number of hydrogen-bond donors (Lipinski definition) is 0. The van der Waals surface area contributed by atoms with Crippen molar-refractivity contribution in [3.05, 3.63) is 24.5 Å². The number of para-hydroxylation sites is 1. The van der Waals surface area contributed by atoms with Gasteiger partial charge in [-0.25, -0.2) is 4.98 Å². The average molecular weight is 190 g/mol. The largest absolute Gasteiger partial charge is 0.494 e. The Balaban J connectivity index is 2.63. The molecule has 2 rings (SSSR count). The van der Waals surface area contributed by atoms with E-state index in [9.17, 15) is 4.79 Å². The lowest BCUT2D eigenvalue weighted by Gasteiger charge is -2.01. The van der Waals surface area contributed by atoms with Gasteiger partial charge in [0.2, 0.25) is 0 Å². The van der Waals surface area contributed by atoms with E-state index < -0.39 is 0 Å². The van der Waals surface area contributed by atoms with Crippen molar-refractivity contribution in [2.75, 3.05) is 7.11 Å². The molecule has 0 aliphatic heterocycles. The summed E-state index contributed by atoms with van der Waals surface area (Å²) in [6.07, 6.45) is 2.49. The number of aldehydes is 1. The van der Waals surface area contributed by atoms with E-state index in [0.717, 1.165) is 23.1 Å². The predicted octanol–water partition coefficient (Wildman–Crippen LogP) is 1.24. The van der Waals surface area contributed by atoms with Crippen molar-refractivity contribution in [1.82, 2.24) is 9.55 Å². The normalized spacial score (nSPS) is 10.4. The Hall–Kier alpha value is -1.84. The van der Waals surface area contributed by atoms with Crippen molar-refractivity contribution in [2.45, 2.75) is 6.54 Å². The zero-order valence-corrected chi connectivity index (χ0v) is 7.80. The third kappa shape index (κ3) is 1.25. The fraction of sp³-hybridized carbons (Fsp3) is 0.200. The lowest BCUT2D eigenvalue weighted by Crippen LogP contribution is -1.96. The van der Waals surface area contributed by atoms with Crippen LogP contribution in [0.1, 0.15) is 0 Å². The number of fused-ring (bicyclic) bond motifs is 1. The fourth-order valence-corrected chi connectivity index (χ4v) is 1.45. The van der Waals surface area contributed by atoms with Crippen LogP contribution in [0.25, 0.3) is 11.0 Å². The van der Waals surface area contributed by atoms with Crippen molar-refractivity contribution < 1.29 is 9.53 Å². The second-order valence-corrected chi connectivity index (χ2v) is 2.89. The number of aromatic nitrogens is 2. The highest BCUT2D eigenvalue weighted by molar-refractivity contribution is 5.82. The molecule has 1 aromatic carbocycles. The number of nitrogens with zero attached hydrogens (tertiary/aromatic N) is 2. The summed E-state index contributed by atoms with van der Waals surface area (Å²) in [7, 11) is 1.60. The molecule has 0 saturated heterocycles. The first-order valence-corrected chi connectivity index (χ1v) is 4.28. The summed E-state index contributed by atoms with van der Waals surface area (Å²) < 4.78 is 6.94. The Bertz CT molecular complexity index is 462. The zero-order valence-electron chi connectivity index (χ0n) is 7.80. The molecular weight excluding hydrogens is 180 g/mol. The van der Waals surface area contributed by atoms with E-state index in [4.69, 9.17) is 4.74 Å². The van der Waals surface area contributed by atoms with Crippen molar-refractivity contribution in [3.8, 4) is 5.75 Å². The summed E-state index contributed by atoms with van der Waals surface area (Å²) in [5.41, 5.74) is 1.70. The molecule has 0 unspecified atom stereocenters. The molecule has 0 aliphatic rings. The van der Waals surface area contributed by atoms with Gasteiger partial charge in [0.1, 0.15) is 17.6 Å². The van der Waals surface area contributed by atoms with Crippen LogP contribution in [0.5, 0.6) is 5.75 Å². The van der Waals surface area contributed by atoms with E-state index in [1.807, 2.05) is 18.2 Å². The van der Waals surface area contributed by atoms with Crippen molar-refractivity contribution in [3.63, 3.8) is 0 Å². The molecule has 4 nitrogen and oxygen atoms in total. The highest BCUT2D eigenvalue weighted by Gasteiger charge is 2.06. The van der Waals surface area contributed by atoms with Crippen molar-refractivity contribution in [2.24, 2.45) is 0 Å². The molecule has 1 heterocycles. The van der Waals surface area contributed by atoms with Crippen LogP contribution in [-0.4, -0.2) is 22.9 Å². The second-order valence-electron chi connectivity index (χ2n) is 2.89. The number of imidazole rings is 1. The van der Waals surface area contributed by atoms with Crippen LogP contribution < -0.4 is 4.74 Å². The smallest absolute Gasteiger partial charge is 0.146 e. The summed E-state index contributed by atoms with van der Waals surface area (Å²) >= 11 is 0. The van der Waals surface area contributed by atoms with Crippen molar-refractivity contribution in [1.29, 1.82) is 0 Å². The molecule has 0 fully saturated rings. The van der Waals surface area contributed by atoms with Crippen LogP contribution in [0.4, 0.5) is 0 Å². The number of rotatable bonds is 3. The van der Waals surface area contributed by atoms with E-state index in [1.54, 1.807) is 18.0 Å². The maximum absolute atomic E-state index is 10.4. The number of carbonyl (C=O) groups excluding carboxylic acids is 1. The maximum Gasteiger partial charge on any atom is 0.146 e. The van der Waals surface area contributed by atoms with Gasteiger partial charge >= 0.3 is 0 Å². The van der Waals surface area contributed by atoms with Gasteiger partial charge in [0.15, 0.2) is 0 Å². The summed E-state index contributed by atoms with van der Waals surface area (Å²) in [4.78, 5) is 14.6. The average Bonchev–Trinajstić information content (AvgIpc) is 2.62. The Morgan fingerprint density at radius 3 is 3.14 bits per heavy atom. The topological polar surface area (TPSA) is 44.1 Å². The van der Waals surface area contributed by atoms with Gasteiger partial charge in [0.05, 0.1) is 25.5 Å². The Labute approximate surface area is 81.1 Å². The standard InChI is InChI=1S/C10H10N2O2/c1-14-9-4-2-3-8-10(9)11-7-12(8)5-6-13/h2-4,6-7H,5H2,1H3. The maximum atomic E-state index is 10.4. The first kappa shape index (κ1) is 8.74. The highest BCUT2D eigenvalue weighted by Crippen LogP contribution is 2.23. The lowest BCUT2D eigenvalue weighted by atomic mass is 10.3. The second kappa shape index (κ2) is 3.49. The van der Waals surface area contributed by atoms with Crippen molar-refractivity contribution >= 4 is 17.3 Å². The molecule has 0 N–H and O–H groups in total.